The van der Waals surface area contributed by atoms with E-state index in [0.29, 0.717) is 19.3 Å². The summed E-state index contributed by atoms with van der Waals surface area (Å²) in [5.74, 6) is -0.866. The first kappa shape index (κ1) is 66.1. The number of hydrogen-bond donors (Lipinski definition) is 0. The molecule has 0 bridgehead atoms. The maximum Gasteiger partial charge on any atom is 0.306 e. The Morgan fingerprint density at radius 1 is 0.304 bits per heavy atom. The minimum atomic E-state index is -0.769. The lowest BCUT2D eigenvalue weighted by Crippen LogP contribution is -2.30. The molecule has 6 heteroatoms. The minimum Gasteiger partial charge on any atom is -0.462 e. The Kier molecular flexibility index (Phi) is 55.3. The van der Waals surface area contributed by atoms with Gasteiger partial charge in [-0.1, -0.05) is 281 Å². The van der Waals surface area contributed by atoms with E-state index in [9.17, 15) is 14.4 Å². The molecule has 0 rings (SSSR count). The van der Waals surface area contributed by atoms with Crippen LogP contribution in [0.15, 0.2) is 60.8 Å². The van der Waals surface area contributed by atoms with Gasteiger partial charge in [0.2, 0.25) is 0 Å². The van der Waals surface area contributed by atoms with Crippen LogP contribution in [0.2, 0.25) is 0 Å². The Balaban J connectivity index is 4.12. The van der Waals surface area contributed by atoms with Gasteiger partial charge < -0.3 is 14.2 Å². The molecule has 1 unspecified atom stereocenters. The normalized spacial score (nSPS) is 12.4. The van der Waals surface area contributed by atoms with Crippen molar-refractivity contribution in [2.24, 2.45) is 0 Å². The summed E-state index contributed by atoms with van der Waals surface area (Å²) in [5.41, 5.74) is 0. The van der Waals surface area contributed by atoms with Crippen LogP contribution in [0.5, 0.6) is 0 Å². The molecule has 0 N–H and O–H groups in total. The summed E-state index contributed by atoms with van der Waals surface area (Å²) in [5, 5.41) is 0. The van der Waals surface area contributed by atoms with E-state index in [4.69, 9.17) is 14.2 Å². The van der Waals surface area contributed by atoms with Crippen LogP contribution in [0, 0.1) is 0 Å². The molecular formula is C63H112O6. The Bertz CT molecular complexity index is 1250. The molecular weight excluding hydrogens is 853 g/mol. The summed E-state index contributed by atoms with van der Waals surface area (Å²) in [6.45, 7) is 6.52. The van der Waals surface area contributed by atoms with Gasteiger partial charge in [-0.2, -0.15) is 0 Å². The van der Waals surface area contributed by atoms with E-state index >= 15 is 0 Å². The number of esters is 3. The summed E-state index contributed by atoms with van der Waals surface area (Å²) in [6, 6.07) is 0. The van der Waals surface area contributed by atoms with Crippen LogP contribution in [-0.2, 0) is 28.6 Å². The molecule has 0 aromatic rings. The molecule has 0 amide bonds. The molecule has 0 saturated heterocycles. The number of unbranched alkanes of at least 4 members (excludes halogenated alkanes) is 33. The zero-order chi connectivity index (χ0) is 50.0. The molecule has 6 nitrogen and oxygen atoms in total. The van der Waals surface area contributed by atoms with E-state index < -0.39 is 6.10 Å². The van der Waals surface area contributed by atoms with E-state index in [1.165, 1.54) is 173 Å². The molecule has 0 saturated carbocycles. The molecule has 0 radical (unpaired) electrons. The second-order valence-electron chi connectivity index (χ2n) is 19.9. The lowest BCUT2D eigenvalue weighted by atomic mass is 10.0. The predicted molar refractivity (Wildman–Crippen MR) is 298 cm³/mol. The SMILES string of the molecule is CC/C=C\C/C=C\C/C=C\C/C=C\C/C=C\CCCCCCCCCCCCCC(=O)OCC(COC(=O)CCCCCCCCC)OC(=O)CCCCCCCCCCCCCCCCCCC. The number of hydrogen-bond acceptors (Lipinski definition) is 6. The molecule has 0 aliphatic carbocycles. The molecule has 0 aromatic heterocycles. The average molecular weight is 966 g/mol. The van der Waals surface area contributed by atoms with Gasteiger partial charge in [-0.15, -0.1) is 0 Å². The highest BCUT2D eigenvalue weighted by molar-refractivity contribution is 5.71. The maximum absolute atomic E-state index is 12.8. The summed E-state index contributed by atoms with van der Waals surface area (Å²) < 4.78 is 16.8. The molecule has 0 heterocycles. The Hall–Kier alpha value is -2.89. The van der Waals surface area contributed by atoms with Gasteiger partial charge in [-0.25, -0.2) is 0 Å². The highest BCUT2D eigenvalue weighted by Gasteiger charge is 2.19. The van der Waals surface area contributed by atoms with Crippen LogP contribution in [0.3, 0.4) is 0 Å². The number of allylic oxidation sites excluding steroid dienone is 10. The van der Waals surface area contributed by atoms with E-state index in [2.05, 4.69) is 81.5 Å². The van der Waals surface area contributed by atoms with Crippen LogP contribution in [0.25, 0.3) is 0 Å². The number of rotatable bonds is 54. The van der Waals surface area contributed by atoms with Gasteiger partial charge in [0.15, 0.2) is 6.10 Å². The van der Waals surface area contributed by atoms with Crippen molar-refractivity contribution in [2.75, 3.05) is 13.2 Å². The third kappa shape index (κ3) is 55.9. The Morgan fingerprint density at radius 3 is 0.884 bits per heavy atom. The van der Waals surface area contributed by atoms with Crippen molar-refractivity contribution in [3.63, 3.8) is 0 Å². The highest BCUT2D eigenvalue weighted by atomic mass is 16.6. The van der Waals surface area contributed by atoms with Gasteiger partial charge in [0.1, 0.15) is 13.2 Å². The zero-order valence-corrected chi connectivity index (χ0v) is 45.8. The molecule has 1 atom stereocenters. The van der Waals surface area contributed by atoms with Crippen molar-refractivity contribution in [2.45, 2.75) is 309 Å². The smallest absolute Gasteiger partial charge is 0.306 e. The molecule has 0 aromatic carbocycles. The minimum absolute atomic E-state index is 0.0709. The summed E-state index contributed by atoms with van der Waals surface area (Å²) in [4.78, 5) is 38.0. The fraction of sp³-hybridized carbons (Fsp3) is 0.794. The van der Waals surface area contributed by atoms with E-state index in [0.717, 1.165) is 89.9 Å². The molecule has 0 fully saturated rings. The average Bonchev–Trinajstić information content (AvgIpc) is 3.35. The quantitative estimate of drug-likeness (QED) is 0.0262. The van der Waals surface area contributed by atoms with Crippen LogP contribution < -0.4 is 0 Å². The monoisotopic (exact) mass is 965 g/mol. The second kappa shape index (κ2) is 57.7. The first-order valence-corrected chi connectivity index (χ1v) is 29.8. The molecule has 0 spiro atoms. The van der Waals surface area contributed by atoms with Gasteiger partial charge in [0.05, 0.1) is 0 Å². The van der Waals surface area contributed by atoms with Crippen molar-refractivity contribution in [1.29, 1.82) is 0 Å². The first-order valence-electron chi connectivity index (χ1n) is 29.8. The van der Waals surface area contributed by atoms with Crippen molar-refractivity contribution >= 4 is 17.9 Å². The first-order chi connectivity index (χ1) is 34.0. The number of ether oxygens (including phenoxy) is 3. The Morgan fingerprint density at radius 2 is 0.565 bits per heavy atom. The standard InChI is InChI=1S/C63H112O6/c1-4-7-10-13-16-18-20-22-24-26-27-28-29-30-31-32-33-34-35-37-38-40-42-44-47-50-53-56-62(65)68-59-60(58-67-61(64)55-52-49-46-15-12-9-6-3)69-63(66)57-54-51-48-45-43-41-39-36-25-23-21-19-17-14-11-8-5-2/h7,10,16,18,22,24,27-28,30-31,60H,4-6,8-9,11-15,17,19-21,23,25-26,29,32-59H2,1-3H3/b10-7-,18-16-,24-22-,28-27-,31-30-. The Labute approximate surface area is 428 Å². The molecule has 69 heavy (non-hydrogen) atoms. The van der Waals surface area contributed by atoms with Gasteiger partial charge in [-0.3, -0.25) is 14.4 Å². The van der Waals surface area contributed by atoms with Crippen LogP contribution in [0.4, 0.5) is 0 Å². The predicted octanol–water partition coefficient (Wildman–Crippen LogP) is 20.0. The number of carbonyl (C=O) groups excluding carboxylic acids is 3. The topological polar surface area (TPSA) is 78.9 Å². The molecule has 0 aliphatic heterocycles. The fourth-order valence-corrected chi connectivity index (χ4v) is 8.59. The lowest BCUT2D eigenvalue weighted by molar-refractivity contribution is -0.167. The van der Waals surface area contributed by atoms with Gasteiger partial charge in [0, 0.05) is 19.3 Å². The summed E-state index contributed by atoms with van der Waals surface area (Å²) in [6.07, 6.45) is 72.4. The largest absolute Gasteiger partial charge is 0.462 e. The van der Waals surface area contributed by atoms with Crippen LogP contribution in [0.1, 0.15) is 303 Å². The van der Waals surface area contributed by atoms with Crippen LogP contribution >= 0.6 is 0 Å². The van der Waals surface area contributed by atoms with E-state index in [1.807, 2.05) is 0 Å². The summed E-state index contributed by atoms with van der Waals surface area (Å²) >= 11 is 0. The second-order valence-corrected chi connectivity index (χ2v) is 19.9. The van der Waals surface area contributed by atoms with E-state index in [-0.39, 0.29) is 31.1 Å². The molecule has 400 valence electrons. The van der Waals surface area contributed by atoms with Crippen molar-refractivity contribution in [1.82, 2.24) is 0 Å². The van der Waals surface area contributed by atoms with Gasteiger partial charge in [-0.05, 0) is 64.2 Å². The fourth-order valence-electron chi connectivity index (χ4n) is 8.59. The third-order valence-corrected chi connectivity index (χ3v) is 13.0. The number of carbonyl (C=O) groups is 3. The highest BCUT2D eigenvalue weighted by Crippen LogP contribution is 2.17. The maximum atomic E-state index is 12.8. The van der Waals surface area contributed by atoms with Crippen molar-refractivity contribution in [3.05, 3.63) is 60.8 Å². The molecule has 0 aliphatic rings. The van der Waals surface area contributed by atoms with Crippen LogP contribution in [-0.4, -0.2) is 37.2 Å². The van der Waals surface area contributed by atoms with Gasteiger partial charge >= 0.3 is 17.9 Å². The lowest BCUT2D eigenvalue weighted by Gasteiger charge is -2.18. The summed E-state index contributed by atoms with van der Waals surface area (Å²) in [7, 11) is 0. The zero-order valence-electron chi connectivity index (χ0n) is 45.8. The van der Waals surface area contributed by atoms with Crippen molar-refractivity contribution in [3.8, 4) is 0 Å². The van der Waals surface area contributed by atoms with Gasteiger partial charge in [0.25, 0.3) is 0 Å². The van der Waals surface area contributed by atoms with E-state index in [1.54, 1.807) is 0 Å². The third-order valence-electron chi connectivity index (χ3n) is 13.0. The van der Waals surface area contributed by atoms with Crippen molar-refractivity contribution < 1.29 is 28.6 Å².